The molecule has 1 N–H and O–H groups in total. The number of hydrogen-bond donors (Lipinski definition) is 1. The minimum absolute atomic E-state index is 0.0293. The molecule has 1 amide bonds. The topological polar surface area (TPSA) is 66.4 Å². The predicted molar refractivity (Wildman–Crippen MR) is 100 cm³/mol. The summed E-state index contributed by atoms with van der Waals surface area (Å²) < 4.78 is 10.8. The van der Waals surface area contributed by atoms with Gasteiger partial charge in [-0.15, -0.1) is 0 Å². The van der Waals surface area contributed by atoms with Gasteiger partial charge in [-0.3, -0.25) is 9.79 Å². The van der Waals surface area contributed by atoms with Crippen LogP contribution in [0.15, 0.2) is 29.3 Å². The molecule has 26 heavy (non-hydrogen) atoms. The molecule has 2 heterocycles. The van der Waals surface area contributed by atoms with E-state index in [1.807, 2.05) is 11.0 Å². The third-order valence-electron chi connectivity index (χ3n) is 4.88. The Hall–Kier alpha value is -2.12. The second-order valence-electron chi connectivity index (χ2n) is 6.63. The van der Waals surface area contributed by atoms with Crippen LogP contribution in [0.1, 0.15) is 11.1 Å². The van der Waals surface area contributed by atoms with Crippen molar-refractivity contribution in [3.05, 3.63) is 35.4 Å². The van der Waals surface area contributed by atoms with Gasteiger partial charge in [-0.2, -0.15) is 0 Å². The number of carbonyl (C=O) groups excluding carboxylic acids is 1. The third-order valence-corrected chi connectivity index (χ3v) is 4.88. The largest absolute Gasteiger partial charge is 0.382 e. The Kier molecular flexibility index (Phi) is 6.46. The van der Waals surface area contributed by atoms with Gasteiger partial charge in [0.2, 0.25) is 5.91 Å². The average molecular weight is 360 g/mol. The molecular weight excluding hydrogens is 332 g/mol. The summed E-state index contributed by atoms with van der Waals surface area (Å²) >= 11 is 0. The van der Waals surface area contributed by atoms with Gasteiger partial charge in [-0.25, -0.2) is 0 Å². The van der Waals surface area contributed by atoms with Crippen LogP contribution in [0, 0.1) is 0 Å². The standard InChI is InChI=1S/C19H28N4O3/c1-20-19(23-9-10-26-17(13-23)14-25-2)21-11-18(24)22-8-7-15-5-3-4-6-16(15)12-22/h3-6,17H,7-14H2,1-2H3,(H,20,21). The fraction of sp³-hybridized carbons (Fsp3) is 0.579. The van der Waals surface area contributed by atoms with Gasteiger partial charge in [0, 0.05) is 40.3 Å². The summed E-state index contributed by atoms with van der Waals surface area (Å²) in [6, 6.07) is 8.33. The number of rotatable bonds is 4. The molecule has 0 spiro atoms. The van der Waals surface area contributed by atoms with Gasteiger partial charge in [0.1, 0.15) is 0 Å². The normalized spacial score (nSPS) is 20.7. The fourth-order valence-electron chi connectivity index (χ4n) is 3.51. The predicted octanol–water partition coefficient (Wildman–Crippen LogP) is 0.494. The van der Waals surface area contributed by atoms with E-state index in [1.165, 1.54) is 11.1 Å². The Morgan fingerprint density at radius 2 is 2.12 bits per heavy atom. The van der Waals surface area contributed by atoms with Gasteiger partial charge in [0.15, 0.2) is 5.96 Å². The molecule has 7 nitrogen and oxygen atoms in total. The van der Waals surface area contributed by atoms with Crippen LogP contribution in [-0.4, -0.2) is 81.3 Å². The molecule has 7 heteroatoms. The van der Waals surface area contributed by atoms with Crippen molar-refractivity contribution in [2.75, 3.05) is 53.6 Å². The highest BCUT2D eigenvalue weighted by Gasteiger charge is 2.24. The van der Waals surface area contributed by atoms with E-state index in [0.29, 0.717) is 26.3 Å². The third kappa shape index (κ3) is 4.53. The molecule has 1 aromatic rings. The number of morpholine rings is 1. The molecule has 2 aliphatic heterocycles. The van der Waals surface area contributed by atoms with Crippen molar-refractivity contribution in [3.63, 3.8) is 0 Å². The molecule has 1 saturated heterocycles. The summed E-state index contributed by atoms with van der Waals surface area (Å²) in [4.78, 5) is 21.0. The number of ether oxygens (including phenoxy) is 2. The monoisotopic (exact) mass is 360 g/mol. The van der Waals surface area contributed by atoms with Crippen LogP contribution < -0.4 is 5.32 Å². The van der Waals surface area contributed by atoms with E-state index in [0.717, 1.165) is 25.5 Å². The van der Waals surface area contributed by atoms with E-state index in [4.69, 9.17) is 9.47 Å². The highest BCUT2D eigenvalue weighted by molar-refractivity contribution is 5.86. The molecule has 1 fully saturated rings. The lowest BCUT2D eigenvalue weighted by atomic mass is 10.00. The van der Waals surface area contributed by atoms with E-state index in [1.54, 1.807) is 14.2 Å². The Bertz CT molecular complexity index is 647. The number of amides is 1. The van der Waals surface area contributed by atoms with E-state index >= 15 is 0 Å². The van der Waals surface area contributed by atoms with Crippen LogP contribution >= 0.6 is 0 Å². The second-order valence-corrected chi connectivity index (χ2v) is 6.63. The lowest BCUT2D eigenvalue weighted by molar-refractivity contribution is -0.130. The van der Waals surface area contributed by atoms with Gasteiger partial charge < -0.3 is 24.6 Å². The van der Waals surface area contributed by atoms with Gasteiger partial charge in [0.25, 0.3) is 0 Å². The van der Waals surface area contributed by atoms with Gasteiger partial charge in [-0.1, -0.05) is 24.3 Å². The van der Waals surface area contributed by atoms with Crippen LogP contribution in [0.4, 0.5) is 0 Å². The number of nitrogens with one attached hydrogen (secondary N) is 1. The van der Waals surface area contributed by atoms with Crippen LogP contribution in [0.3, 0.4) is 0 Å². The summed E-state index contributed by atoms with van der Waals surface area (Å²) in [6.45, 7) is 4.35. The van der Waals surface area contributed by atoms with Crippen molar-refractivity contribution in [1.29, 1.82) is 0 Å². The smallest absolute Gasteiger partial charge is 0.242 e. The number of nitrogens with zero attached hydrogens (tertiary/aromatic N) is 3. The second kappa shape index (κ2) is 9.00. The first-order valence-corrected chi connectivity index (χ1v) is 9.12. The van der Waals surface area contributed by atoms with Crippen molar-refractivity contribution < 1.29 is 14.3 Å². The first-order valence-electron chi connectivity index (χ1n) is 9.12. The lowest BCUT2D eigenvalue weighted by Gasteiger charge is -2.35. The molecule has 0 aliphatic carbocycles. The summed E-state index contributed by atoms with van der Waals surface area (Å²) in [5.74, 6) is 0.836. The maximum Gasteiger partial charge on any atom is 0.242 e. The van der Waals surface area contributed by atoms with E-state index in [-0.39, 0.29) is 18.6 Å². The van der Waals surface area contributed by atoms with Crippen molar-refractivity contribution in [2.24, 2.45) is 4.99 Å². The number of guanidine groups is 1. The summed E-state index contributed by atoms with van der Waals surface area (Å²) in [5.41, 5.74) is 2.59. The Balaban J connectivity index is 1.52. The maximum absolute atomic E-state index is 12.6. The van der Waals surface area contributed by atoms with Crippen LogP contribution in [0.25, 0.3) is 0 Å². The number of benzene rings is 1. The minimum atomic E-state index is 0.0293. The number of methoxy groups -OCH3 is 1. The fourth-order valence-corrected chi connectivity index (χ4v) is 3.51. The number of hydrogen-bond acceptors (Lipinski definition) is 4. The van der Waals surface area contributed by atoms with E-state index < -0.39 is 0 Å². The van der Waals surface area contributed by atoms with Gasteiger partial charge in [-0.05, 0) is 17.5 Å². The maximum atomic E-state index is 12.6. The summed E-state index contributed by atoms with van der Waals surface area (Å²) in [6.07, 6.45) is 0.945. The molecule has 1 unspecified atom stereocenters. The van der Waals surface area contributed by atoms with Crippen LogP contribution in [0.5, 0.6) is 0 Å². The zero-order valence-corrected chi connectivity index (χ0v) is 15.6. The molecule has 0 aromatic heterocycles. The molecule has 3 rings (SSSR count). The van der Waals surface area contributed by atoms with Crippen molar-refractivity contribution in [1.82, 2.24) is 15.1 Å². The van der Waals surface area contributed by atoms with E-state index in [2.05, 4.69) is 33.4 Å². The molecule has 0 radical (unpaired) electrons. The molecular formula is C19H28N4O3. The molecule has 142 valence electrons. The van der Waals surface area contributed by atoms with Crippen LogP contribution in [0.2, 0.25) is 0 Å². The molecule has 2 aliphatic rings. The molecule has 0 saturated carbocycles. The van der Waals surface area contributed by atoms with Crippen molar-refractivity contribution >= 4 is 11.9 Å². The zero-order valence-electron chi connectivity index (χ0n) is 15.6. The molecule has 1 atom stereocenters. The van der Waals surface area contributed by atoms with Gasteiger partial charge >= 0.3 is 0 Å². The number of fused-ring (bicyclic) bond motifs is 1. The summed E-state index contributed by atoms with van der Waals surface area (Å²) in [5, 5.41) is 3.21. The number of carbonyl (C=O) groups is 1. The Morgan fingerprint density at radius 3 is 2.88 bits per heavy atom. The lowest BCUT2D eigenvalue weighted by Crippen LogP contribution is -2.53. The van der Waals surface area contributed by atoms with Crippen LogP contribution in [-0.2, 0) is 27.2 Å². The Labute approximate surface area is 155 Å². The van der Waals surface area contributed by atoms with Crippen molar-refractivity contribution in [3.8, 4) is 0 Å². The van der Waals surface area contributed by atoms with E-state index in [9.17, 15) is 4.79 Å². The molecule has 0 bridgehead atoms. The first kappa shape index (κ1) is 18.7. The number of aliphatic imine (C=N–C) groups is 1. The summed E-state index contributed by atoms with van der Waals surface area (Å²) in [7, 11) is 3.41. The SMILES string of the molecule is CN=C(NCC(=O)N1CCc2ccccc2C1)N1CCOC(COC)C1. The Morgan fingerprint density at radius 1 is 1.31 bits per heavy atom. The van der Waals surface area contributed by atoms with Crippen molar-refractivity contribution in [2.45, 2.75) is 19.1 Å². The highest BCUT2D eigenvalue weighted by atomic mass is 16.5. The molecule has 1 aromatic carbocycles. The average Bonchev–Trinajstić information content (AvgIpc) is 2.68. The first-order chi connectivity index (χ1) is 12.7. The zero-order chi connectivity index (χ0) is 18.4. The van der Waals surface area contributed by atoms with Gasteiger partial charge in [0.05, 0.1) is 25.9 Å². The quantitative estimate of drug-likeness (QED) is 0.625. The minimum Gasteiger partial charge on any atom is -0.382 e. The highest BCUT2D eigenvalue weighted by Crippen LogP contribution is 2.18.